The van der Waals surface area contributed by atoms with Gasteiger partial charge in [0.15, 0.2) is 0 Å². The summed E-state index contributed by atoms with van der Waals surface area (Å²) in [5.41, 5.74) is 3.98. The van der Waals surface area contributed by atoms with Crippen LogP contribution >= 0.6 is 27.5 Å². The Bertz CT molecular complexity index is 1240. The number of carbonyl (C=O) groups is 1. The van der Waals surface area contributed by atoms with E-state index < -0.39 is 5.91 Å². The molecule has 0 radical (unpaired) electrons. The van der Waals surface area contributed by atoms with Crippen LogP contribution in [0.15, 0.2) is 83.4 Å². The second-order valence-electron chi connectivity index (χ2n) is 7.31. The largest absolute Gasteiger partial charge is 0.489 e. The number of nitriles is 1. The van der Waals surface area contributed by atoms with E-state index in [4.69, 9.17) is 16.3 Å². The van der Waals surface area contributed by atoms with Crippen molar-refractivity contribution in [1.29, 1.82) is 5.26 Å². The summed E-state index contributed by atoms with van der Waals surface area (Å²) in [5, 5.41) is 12.9. The SMILES string of the molecule is C=CCc1cc(/C=C(\C#N)C(=O)Nc2cccc(Cl)c2C)ccc1OCc1ccc(Br)cc1. The molecule has 3 aromatic carbocycles. The van der Waals surface area contributed by atoms with Crippen LogP contribution in [-0.2, 0) is 17.8 Å². The summed E-state index contributed by atoms with van der Waals surface area (Å²) in [6.07, 6.45) is 3.93. The maximum absolute atomic E-state index is 12.7. The van der Waals surface area contributed by atoms with Gasteiger partial charge in [0.25, 0.3) is 5.91 Å². The summed E-state index contributed by atoms with van der Waals surface area (Å²) in [6, 6.07) is 20.7. The molecule has 0 atom stereocenters. The molecule has 0 aromatic heterocycles. The fourth-order valence-electron chi connectivity index (χ4n) is 3.13. The van der Waals surface area contributed by atoms with Crippen LogP contribution in [0, 0.1) is 18.3 Å². The number of ether oxygens (including phenoxy) is 1. The molecule has 1 N–H and O–H groups in total. The number of anilines is 1. The lowest BCUT2D eigenvalue weighted by atomic mass is 10.0. The molecule has 0 saturated heterocycles. The molecule has 0 aliphatic carbocycles. The van der Waals surface area contributed by atoms with Crippen molar-refractivity contribution in [2.45, 2.75) is 20.0 Å². The van der Waals surface area contributed by atoms with Gasteiger partial charge >= 0.3 is 0 Å². The molecule has 6 heteroatoms. The van der Waals surface area contributed by atoms with Gasteiger partial charge in [0, 0.05) is 15.2 Å². The van der Waals surface area contributed by atoms with Crippen molar-refractivity contribution < 1.29 is 9.53 Å². The lowest BCUT2D eigenvalue weighted by Crippen LogP contribution is -2.14. The van der Waals surface area contributed by atoms with Gasteiger partial charge in [-0.25, -0.2) is 0 Å². The zero-order valence-corrected chi connectivity index (χ0v) is 20.4. The molecule has 3 aromatic rings. The molecule has 0 saturated carbocycles. The maximum atomic E-state index is 12.7. The zero-order chi connectivity index (χ0) is 23.8. The van der Waals surface area contributed by atoms with Crippen LogP contribution in [0.4, 0.5) is 5.69 Å². The van der Waals surface area contributed by atoms with Crippen molar-refractivity contribution in [3.05, 3.63) is 111 Å². The van der Waals surface area contributed by atoms with E-state index >= 15 is 0 Å². The molecule has 166 valence electrons. The predicted molar refractivity (Wildman–Crippen MR) is 137 cm³/mol. The van der Waals surface area contributed by atoms with Gasteiger partial charge in [-0.2, -0.15) is 5.26 Å². The third-order valence-electron chi connectivity index (χ3n) is 4.95. The summed E-state index contributed by atoms with van der Waals surface area (Å²) in [5.74, 6) is 0.233. The maximum Gasteiger partial charge on any atom is 0.266 e. The standard InChI is InChI=1S/C27H22BrClN2O2/c1-3-5-21-14-20(10-13-26(21)33-17-19-8-11-23(28)12-9-19)15-22(16-30)27(32)31-25-7-4-6-24(29)18(25)2/h3-4,6-15H,1,5,17H2,2H3,(H,31,32)/b22-15+. The Kier molecular flexibility index (Phi) is 8.48. The van der Waals surface area contributed by atoms with Gasteiger partial charge in [-0.05, 0) is 78.1 Å². The Balaban J connectivity index is 1.80. The first-order valence-corrected chi connectivity index (χ1v) is 11.4. The van der Waals surface area contributed by atoms with Crippen molar-refractivity contribution in [3.8, 4) is 11.8 Å². The summed E-state index contributed by atoms with van der Waals surface area (Å²) < 4.78 is 7.02. The monoisotopic (exact) mass is 520 g/mol. The average Bonchev–Trinajstić information content (AvgIpc) is 2.81. The van der Waals surface area contributed by atoms with Gasteiger partial charge in [0.2, 0.25) is 0 Å². The van der Waals surface area contributed by atoms with E-state index in [0.717, 1.165) is 32.5 Å². The van der Waals surface area contributed by atoms with Crippen LogP contribution in [0.5, 0.6) is 5.75 Å². The first-order chi connectivity index (χ1) is 15.9. The minimum atomic E-state index is -0.497. The van der Waals surface area contributed by atoms with Gasteiger partial charge < -0.3 is 10.1 Å². The number of hydrogen-bond acceptors (Lipinski definition) is 3. The number of allylic oxidation sites excluding steroid dienone is 1. The lowest BCUT2D eigenvalue weighted by molar-refractivity contribution is -0.112. The van der Waals surface area contributed by atoms with Crippen molar-refractivity contribution in [1.82, 2.24) is 0 Å². The fraction of sp³-hybridized carbons (Fsp3) is 0.111. The topological polar surface area (TPSA) is 62.1 Å². The Morgan fingerprint density at radius 3 is 2.67 bits per heavy atom. The molecule has 0 aliphatic heterocycles. The average molecular weight is 522 g/mol. The van der Waals surface area contributed by atoms with Crippen molar-refractivity contribution in [2.24, 2.45) is 0 Å². The molecule has 4 nitrogen and oxygen atoms in total. The number of halogens is 2. The first-order valence-electron chi connectivity index (χ1n) is 10.2. The number of nitrogens with zero attached hydrogens (tertiary/aromatic N) is 1. The number of benzene rings is 3. The predicted octanol–water partition coefficient (Wildman–Crippen LogP) is 7.26. The molecular weight excluding hydrogens is 500 g/mol. The lowest BCUT2D eigenvalue weighted by Gasteiger charge is -2.12. The minimum absolute atomic E-state index is 0.0116. The van der Waals surface area contributed by atoms with Crippen molar-refractivity contribution >= 4 is 45.2 Å². The highest BCUT2D eigenvalue weighted by Crippen LogP contribution is 2.26. The summed E-state index contributed by atoms with van der Waals surface area (Å²) >= 11 is 9.55. The highest BCUT2D eigenvalue weighted by atomic mass is 79.9. The second-order valence-corrected chi connectivity index (χ2v) is 8.63. The van der Waals surface area contributed by atoms with Crippen LogP contribution in [0.3, 0.4) is 0 Å². The summed E-state index contributed by atoms with van der Waals surface area (Å²) in [4.78, 5) is 12.7. The fourth-order valence-corrected chi connectivity index (χ4v) is 3.57. The van der Waals surface area contributed by atoms with Crippen LogP contribution in [0.2, 0.25) is 5.02 Å². The smallest absolute Gasteiger partial charge is 0.266 e. The molecule has 1 amide bonds. The van der Waals surface area contributed by atoms with Crippen LogP contribution in [-0.4, -0.2) is 5.91 Å². The molecule has 0 fully saturated rings. The molecule has 0 spiro atoms. The number of rotatable bonds is 8. The van der Waals surface area contributed by atoms with Crippen LogP contribution in [0.25, 0.3) is 6.08 Å². The Morgan fingerprint density at radius 2 is 1.97 bits per heavy atom. The molecular formula is C27H22BrClN2O2. The Labute approximate surface area is 207 Å². The van der Waals surface area contributed by atoms with Crippen molar-refractivity contribution in [3.63, 3.8) is 0 Å². The first kappa shape index (κ1) is 24.3. The third-order valence-corrected chi connectivity index (χ3v) is 5.89. The molecule has 0 aliphatic rings. The van der Waals surface area contributed by atoms with Gasteiger partial charge in [-0.1, -0.05) is 57.9 Å². The summed E-state index contributed by atoms with van der Waals surface area (Å²) in [7, 11) is 0. The number of amides is 1. The number of nitrogens with one attached hydrogen (secondary N) is 1. The molecule has 0 bridgehead atoms. The van der Waals surface area contributed by atoms with Gasteiger partial charge in [0.05, 0.1) is 0 Å². The van der Waals surface area contributed by atoms with Gasteiger partial charge in [0.1, 0.15) is 24.0 Å². The Morgan fingerprint density at radius 1 is 1.21 bits per heavy atom. The van der Waals surface area contributed by atoms with E-state index in [0.29, 0.717) is 23.7 Å². The molecule has 3 rings (SSSR count). The highest BCUT2D eigenvalue weighted by molar-refractivity contribution is 9.10. The molecule has 0 unspecified atom stereocenters. The quantitative estimate of drug-likeness (QED) is 0.193. The van der Waals surface area contributed by atoms with Crippen LogP contribution in [0.1, 0.15) is 22.3 Å². The third kappa shape index (κ3) is 6.58. The second kappa shape index (κ2) is 11.5. The highest BCUT2D eigenvalue weighted by Gasteiger charge is 2.13. The van der Waals surface area contributed by atoms with Gasteiger partial charge in [-0.15, -0.1) is 6.58 Å². The van der Waals surface area contributed by atoms with E-state index in [1.807, 2.05) is 55.5 Å². The minimum Gasteiger partial charge on any atom is -0.489 e. The normalized spacial score (nSPS) is 10.9. The zero-order valence-electron chi connectivity index (χ0n) is 18.1. The van der Waals surface area contributed by atoms with E-state index in [1.165, 1.54) is 0 Å². The van der Waals surface area contributed by atoms with E-state index in [2.05, 4.69) is 27.8 Å². The van der Waals surface area contributed by atoms with Gasteiger partial charge in [-0.3, -0.25) is 4.79 Å². The Hall–Kier alpha value is -3.33. The van der Waals surface area contributed by atoms with E-state index in [-0.39, 0.29) is 5.57 Å². The van der Waals surface area contributed by atoms with E-state index in [1.54, 1.807) is 30.4 Å². The molecule has 33 heavy (non-hydrogen) atoms. The summed E-state index contributed by atoms with van der Waals surface area (Å²) in [6.45, 7) is 6.05. The number of hydrogen-bond donors (Lipinski definition) is 1. The van der Waals surface area contributed by atoms with Crippen LogP contribution < -0.4 is 10.1 Å². The molecule has 0 heterocycles. The van der Waals surface area contributed by atoms with Crippen molar-refractivity contribution in [2.75, 3.05) is 5.32 Å². The van der Waals surface area contributed by atoms with E-state index in [9.17, 15) is 10.1 Å². The number of carbonyl (C=O) groups excluding carboxylic acids is 1.